The Hall–Kier alpha value is -2.87. The Kier molecular flexibility index (Phi) is 5.27. The topological polar surface area (TPSA) is 63.5 Å². The second-order valence-corrected chi connectivity index (χ2v) is 7.95. The fourth-order valence-electron chi connectivity index (χ4n) is 3.66. The molecule has 0 bridgehead atoms. The van der Waals surface area contributed by atoms with Gasteiger partial charge in [0, 0.05) is 11.5 Å². The number of rotatable bonds is 5. The van der Waals surface area contributed by atoms with Crippen LogP contribution in [0.5, 0.6) is 5.75 Å². The molecular formula is C21H22BrN5O2. The molecule has 2 heterocycles. The molecule has 1 aliphatic rings. The highest BCUT2D eigenvalue weighted by Gasteiger charge is 2.44. The Labute approximate surface area is 178 Å². The molecule has 29 heavy (non-hydrogen) atoms. The van der Waals surface area contributed by atoms with Crippen LogP contribution in [0.2, 0.25) is 0 Å². The van der Waals surface area contributed by atoms with Gasteiger partial charge in [0.2, 0.25) is 0 Å². The molecule has 0 radical (unpaired) electrons. The molecule has 8 heteroatoms. The van der Waals surface area contributed by atoms with E-state index in [9.17, 15) is 4.79 Å². The normalized spacial score (nSPS) is 19.1. The number of benzene rings is 2. The Bertz CT molecular complexity index is 1020. The largest absolute Gasteiger partial charge is 0.497 e. The fraction of sp³-hybridized carbons (Fsp3) is 0.286. The second kappa shape index (κ2) is 7.87. The molecule has 7 nitrogen and oxygen atoms in total. The fourth-order valence-corrected chi connectivity index (χ4v) is 4.03. The molecule has 0 aliphatic carbocycles. The molecule has 3 aromatic rings. The average Bonchev–Trinajstić information content (AvgIpc) is 3.28. The maximum Gasteiger partial charge on any atom is 0.326 e. The molecule has 1 fully saturated rings. The Morgan fingerprint density at radius 2 is 1.93 bits per heavy atom. The molecule has 0 saturated carbocycles. The first kappa shape index (κ1) is 19.4. The first-order chi connectivity index (χ1) is 14.0. The van der Waals surface area contributed by atoms with Gasteiger partial charge in [-0.25, -0.2) is 9.48 Å². The van der Waals surface area contributed by atoms with Gasteiger partial charge in [0.1, 0.15) is 5.75 Å². The molecule has 1 aliphatic heterocycles. The first-order valence-electron chi connectivity index (χ1n) is 9.33. The minimum Gasteiger partial charge on any atom is -0.497 e. The zero-order valence-corrected chi connectivity index (χ0v) is 18.1. The highest BCUT2D eigenvalue weighted by molar-refractivity contribution is 9.10. The van der Waals surface area contributed by atoms with Crippen molar-refractivity contribution < 1.29 is 9.53 Å². The highest BCUT2D eigenvalue weighted by atomic mass is 79.9. The van der Waals surface area contributed by atoms with Crippen LogP contribution < -0.4 is 9.64 Å². The van der Waals surface area contributed by atoms with Gasteiger partial charge in [0.15, 0.2) is 5.82 Å². The van der Waals surface area contributed by atoms with E-state index in [-0.39, 0.29) is 18.1 Å². The van der Waals surface area contributed by atoms with E-state index in [0.29, 0.717) is 12.4 Å². The van der Waals surface area contributed by atoms with Crippen molar-refractivity contribution in [2.24, 2.45) is 0 Å². The Morgan fingerprint density at radius 3 is 2.66 bits per heavy atom. The quantitative estimate of drug-likeness (QED) is 0.580. The van der Waals surface area contributed by atoms with Crippen molar-refractivity contribution in [2.45, 2.75) is 25.6 Å². The summed E-state index contributed by atoms with van der Waals surface area (Å²) in [6.07, 6.45) is 1.81. The van der Waals surface area contributed by atoms with E-state index in [0.717, 1.165) is 21.3 Å². The predicted octanol–water partition coefficient (Wildman–Crippen LogP) is 4.10. The summed E-state index contributed by atoms with van der Waals surface area (Å²) in [7, 11) is 3.46. The van der Waals surface area contributed by atoms with Crippen molar-refractivity contribution in [1.82, 2.24) is 19.9 Å². The molecule has 2 atom stereocenters. The van der Waals surface area contributed by atoms with Gasteiger partial charge < -0.3 is 9.64 Å². The lowest BCUT2D eigenvalue weighted by Gasteiger charge is -2.23. The number of methoxy groups -OCH3 is 1. The van der Waals surface area contributed by atoms with Crippen molar-refractivity contribution in [3.63, 3.8) is 0 Å². The van der Waals surface area contributed by atoms with Crippen LogP contribution in [0.3, 0.4) is 0 Å². The SMILES string of the molecule is COc1ccc(Br)c(Cn2cc(N3C(=O)N(C)[C@@H](C)[C@H]3c3ccccc3)nn2)c1. The van der Waals surface area contributed by atoms with Gasteiger partial charge in [-0.2, -0.15) is 0 Å². The lowest BCUT2D eigenvalue weighted by molar-refractivity contribution is 0.220. The number of likely N-dealkylation sites (N-methyl/N-ethyl adjacent to an activating group) is 1. The molecule has 2 aromatic carbocycles. The van der Waals surface area contributed by atoms with Crippen molar-refractivity contribution >= 4 is 27.8 Å². The zero-order valence-electron chi connectivity index (χ0n) is 16.5. The van der Waals surface area contributed by atoms with Crippen molar-refractivity contribution in [2.75, 3.05) is 19.1 Å². The average molecular weight is 456 g/mol. The lowest BCUT2D eigenvalue weighted by Crippen LogP contribution is -2.31. The molecule has 0 N–H and O–H groups in total. The number of hydrogen-bond donors (Lipinski definition) is 0. The van der Waals surface area contributed by atoms with Crippen LogP contribution in [0.25, 0.3) is 0 Å². The first-order valence-corrected chi connectivity index (χ1v) is 10.1. The van der Waals surface area contributed by atoms with E-state index in [1.807, 2.05) is 68.7 Å². The van der Waals surface area contributed by atoms with Crippen LogP contribution in [0.4, 0.5) is 10.6 Å². The predicted molar refractivity (Wildman–Crippen MR) is 114 cm³/mol. The number of halogens is 1. The number of carbonyl (C=O) groups excluding carboxylic acids is 1. The molecule has 0 unspecified atom stereocenters. The minimum atomic E-state index is -0.123. The standard InChI is InChI=1S/C21H22BrN5O2/c1-14-20(15-7-5-4-6-8-15)27(21(28)25(14)2)19-13-26(24-23-19)12-16-11-17(29-3)9-10-18(16)22/h4-11,13-14,20H,12H2,1-3H3/t14-,20-/m0/s1. The van der Waals surface area contributed by atoms with Crippen LogP contribution in [-0.2, 0) is 6.54 Å². The summed E-state index contributed by atoms with van der Waals surface area (Å²) < 4.78 is 8.00. The number of ether oxygens (including phenoxy) is 1. The van der Waals surface area contributed by atoms with Gasteiger partial charge in [-0.05, 0) is 36.2 Å². The number of anilines is 1. The van der Waals surface area contributed by atoms with Gasteiger partial charge >= 0.3 is 6.03 Å². The van der Waals surface area contributed by atoms with E-state index in [4.69, 9.17) is 4.74 Å². The molecule has 1 aromatic heterocycles. The monoisotopic (exact) mass is 455 g/mol. The van der Waals surface area contributed by atoms with E-state index in [2.05, 4.69) is 26.2 Å². The molecule has 1 saturated heterocycles. The number of aromatic nitrogens is 3. The second-order valence-electron chi connectivity index (χ2n) is 7.09. The number of urea groups is 1. The molecule has 4 rings (SSSR count). The van der Waals surface area contributed by atoms with Gasteiger partial charge in [0.05, 0.1) is 31.9 Å². The summed E-state index contributed by atoms with van der Waals surface area (Å²) >= 11 is 3.57. The smallest absolute Gasteiger partial charge is 0.326 e. The van der Waals surface area contributed by atoms with Crippen LogP contribution in [0.15, 0.2) is 59.2 Å². The van der Waals surface area contributed by atoms with Gasteiger partial charge in [-0.15, -0.1) is 5.10 Å². The minimum absolute atomic E-state index is 0.0163. The summed E-state index contributed by atoms with van der Waals surface area (Å²) in [6.45, 7) is 2.56. The Morgan fingerprint density at radius 1 is 1.17 bits per heavy atom. The summed E-state index contributed by atoms with van der Waals surface area (Å²) in [5.41, 5.74) is 2.08. The number of hydrogen-bond acceptors (Lipinski definition) is 4. The van der Waals surface area contributed by atoms with Crippen LogP contribution in [0, 0.1) is 0 Å². The molecule has 150 valence electrons. The van der Waals surface area contributed by atoms with E-state index in [1.165, 1.54) is 0 Å². The van der Waals surface area contributed by atoms with Gasteiger partial charge in [-0.1, -0.05) is 51.5 Å². The highest BCUT2D eigenvalue weighted by Crippen LogP contribution is 2.37. The lowest BCUT2D eigenvalue weighted by atomic mass is 10.0. The van der Waals surface area contributed by atoms with Crippen molar-refractivity contribution in [3.05, 3.63) is 70.3 Å². The molecular weight excluding hydrogens is 434 g/mol. The number of amides is 2. The number of nitrogens with zero attached hydrogens (tertiary/aromatic N) is 5. The summed E-state index contributed by atoms with van der Waals surface area (Å²) in [5, 5.41) is 8.56. The van der Waals surface area contributed by atoms with E-state index >= 15 is 0 Å². The summed E-state index contributed by atoms with van der Waals surface area (Å²) in [5.74, 6) is 1.32. The third-order valence-corrected chi connectivity index (χ3v) is 6.13. The molecule has 2 amide bonds. The summed E-state index contributed by atoms with van der Waals surface area (Å²) in [6, 6.07) is 15.6. The van der Waals surface area contributed by atoms with Gasteiger partial charge in [-0.3, -0.25) is 4.90 Å². The third-order valence-electron chi connectivity index (χ3n) is 5.35. The maximum absolute atomic E-state index is 13.0. The maximum atomic E-state index is 13.0. The zero-order chi connectivity index (χ0) is 20.5. The van der Waals surface area contributed by atoms with Crippen molar-refractivity contribution in [1.29, 1.82) is 0 Å². The van der Waals surface area contributed by atoms with Crippen LogP contribution >= 0.6 is 15.9 Å². The van der Waals surface area contributed by atoms with E-state index < -0.39 is 0 Å². The van der Waals surface area contributed by atoms with Crippen LogP contribution in [-0.4, -0.2) is 46.1 Å². The number of carbonyl (C=O) groups is 1. The Balaban J connectivity index is 1.65. The van der Waals surface area contributed by atoms with E-state index in [1.54, 1.807) is 21.6 Å². The third kappa shape index (κ3) is 3.60. The summed E-state index contributed by atoms with van der Waals surface area (Å²) in [4.78, 5) is 16.4. The molecule has 0 spiro atoms. The van der Waals surface area contributed by atoms with Gasteiger partial charge in [0.25, 0.3) is 0 Å². The van der Waals surface area contributed by atoms with Crippen LogP contribution in [0.1, 0.15) is 24.1 Å². The van der Waals surface area contributed by atoms with Crippen molar-refractivity contribution in [3.8, 4) is 5.75 Å².